The lowest BCUT2D eigenvalue weighted by Gasteiger charge is -2.48. The summed E-state index contributed by atoms with van der Waals surface area (Å²) in [7, 11) is 0. The first kappa shape index (κ1) is 18.2. The predicted molar refractivity (Wildman–Crippen MR) is 106 cm³/mol. The Labute approximate surface area is 164 Å². The fraction of sp³-hybridized carbons (Fsp3) is 0.476. The van der Waals surface area contributed by atoms with Crippen LogP contribution in [0, 0.1) is 12.3 Å². The van der Waals surface area contributed by atoms with Gasteiger partial charge in [0, 0.05) is 60.7 Å². The van der Waals surface area contributed by atoms with Crippen molar-refractivity contribution in [2.75, 3.05) is 19.6 Å². The van der Waals surface area contributed by atoms with Gasteiger partial charge in [-0.1, -0.05) is 6.07 Å². The first-order chi connectivity index (χ1) is 13.0. The number of piperidine rings is 2. The Balaban J connectivity index is 1.48. The van der Waals surface area contributed by atoms with Crippen LogP contribution in [-0.4, -0.2) is 46.2 Å². The molecule has 1 atom stereocenters. The smallest absolute Gasteiger partial charge is 0.254 e. The SMILES string of the molecule is Cc1cc(C(=O)N2CCC[C@@]3(CCC(=O)N(Cc4cccnc4)C3)C2)cs1. The summed E-state index contributed by atoms with van der Waals surface area (Å²) in [5.74, 6) is 0.343. The number of thiophene rings is 1. The van der Waals surface area contributed by atoms with Crippen LogP contribution in [0.5, 0.6) is 0 Å². The highest BCUT2D eigenvalue weighted by atomic mass is 32.1. The number of carbonyl (C=O) groups excluding carboxylic acids is 2. The zero-order valence-electron chi connectivity index (χ0n) is 15.7. The molecular formula is C21H25N3O2S. The summed E-state index contributed by atoms with van der Waals surface area (Å²) in [6, 6.07) is 5.90. The molecule has 0 saturated carbocycles. The third-order valence-electron chi connectivity index (χ3n) is 5.77. The van der Waals surface area contributed by atoms with Crippen molar-refractivity contribution in [1.29, 1.82) is 0 Å². The van der Waals surface area contributed by atoms with Gasteiger partial charge in [-0.05, 0) is 43.9 Å². The molecule has 0 N–H and O–H groups in total. The van der Waals surface area contributed by atoms with Gasteiger partial charge in [-0.25, -0.2) is 0 Å². The Hall–Kier alpha value is -2.21. The molecule has 4 heterocycles. The molecule has 4 rings (SSSR count). The molecule has 0 aliphatic carbocycles. The summed E-state index contributed by atoms with van der Waals surface area (Å²) >= 11 is 1.62. The maximum atomic E-state index is 12.9. The summed E-state index contributed by atoms with van der Waals surface area (Å²) in [4.78, 5) is 34.7. The van der Waals surface area contributed by atoms with Crippen LogP contribution in [0.3, 0.4) is 0 Å². The van der Waals surface area contributed by atoms with Gasteiger partial charge in [0.2, 0.25) is 5.91 Å². The minimum absolute atomic E-state index is 0.0229. The van der Waals surface area contributed by atoms with Crippen molar-refractivity contribution in [3.05, 3.63) is 52.0 Å². The Morgan fingerprint density at radius 2 is 2.22 bits per heavy atom. The lowest BCUT2D eigenvalue weighted by Crippen LogP contribution is -2.54. The highest BCUT2D eigenvalue weighted by molar-refractivity contribution is 7.10. The molecule has 0 bridgehead atoms. The first-order valence-corrected chi connectivity index (χ1v) is 10.4. The molecule has 2 aliphatic heterocycles. The number of aromatic nitrogens is 1. The van der Waals surface area contributed by atoms with Gasteiger partial charge in [0.15, 0.2) is 0 Å². The second-order valence-electron chi connectivity index (χ2n) is 7.89. The molecule has 5 nitrogen and oxygen atoms in total. The Morgan fingerprint density at radius 3 is 2.96 bits per heavy atom. The maximum Gasteiger partial charge on any atom is 0.254 e. The third kappa shape index (κ3) is 3.90. The number of rotatable bonds is 3. The highest BCUT2D eigenvalue weighted by Crippen LogP contribution is 2.39. The molecule has 142 valence electrons. The standard InChI is InChI=1S/C21H25N3O2S/c1-16-10-18(13-27-16)20(26)23-9-3-6-21(14-23)7-5-19(25)24(15-21)12-17-4-2-8-22-11-17/h2,4,8,10-11,13H,3,5-7,9,12,14-15H2,1H3/t21-/m1/s1. The Kier molecular flexibility index (Phi) is 5.00. The van der Waals surface area contributed by atoms with Crippen molar-refractivity contribution >= 4 is 23.2 Å². The van der Waals surface area contributed by atoms with Gasteiger partial charge in [0.25, 0.3) is 5.91 Å². The van der Waals surface area contributed by atoms with E-state index in [1.165, 1.54) is 0 Å². The number of amides is 2. The summed E-state index contributed by atoms with van der Waals surface area (Å²) < 4.78 is 0. The summed E-state index contributed by atoms with van der Waals surface area (Å²) in [6.07, 6.45) is 7.10. The molecule has 0 aromatic carbocycles. The minimum Gasteiger partial charge on any atom is -0.338 e. The number of carbonyl (C=O) groups is 2. The van der Waals surface area contributed by atoms with Crippen LogP contribution in [0.25, 0.3) is 0 Å². The molecule has 0 radical (unpaired) electrons. The van der Waals surface area contributed by atoms with E-state index in [9.17, 15) is 9.59 Å². The molecular weight excluding hydrogens is 358 g/mol. The summed E-state index contributed by atoms with van der Waals surface area (Å²) in [5, 5.41) is 1.96. The highest BCUT2D eigenvalue weighted by Gasteiger charge is 2.42. The lowest BCUT2D eigenvalue weighted by atomic mass is 9.73. The van der Waals surface area contributed by atoms with E-state index in [4.69, 9.17) is 0 Å². The van der Waals surface area contributed by atoms with E-state index in [2.05, 4.69) is 4.98 Å². The van der Waals surface area contributed by atoms with E-state index >= 15 is 0 Å². The number of likely N-dealkylation sites (tertiary alicyclic amines) is 2. The van der Waals surface area contributed by atoms with E-state index in [-0.39, 0.29) is 17.2 Å². The van der Waals surface area contributed by atoms with Crippen LogP contribution in [0.1, 0.15) is 46.5 Å². The normalized spacial score (nSPS) is 23.1. The second-order valence-corrected chi connectivity index (χ2v) is 9.00. The molecule has 2 saturated heterocycles. The number of pyridine rings is 1. The van der Waals surface area contributed by atoms with Gasteiger partial charge < -0.3 is 9.80 Å². The second kappa shape index (κ2) is 7.43. The van der Waals surface area contributed by atoms with Crippen molar-refractivity contribution in [3.63, 3.8) is 0 Å². The summed E-state index contributed by atoms with van der Waals surface area (Å²) in [5.41, 5.74) is 1.88. The molecule has 0 unspecified atom stereocenters. The third-order valence-corrected chi connectivity index (χ3v) is 6.63. The van der Waals surface area contributed by atoms with Gasteiger partial charge in [0.1, 0.15) is 0 Å². The van der Waals surface area contributed by atoms with E-state index in [1.54, 1.807) is 17.5 Å². The van der Waals surface area contributed by atoms with Crippen molar-refractivity contribution < 1.29 is 9.59 Å². The van der Waals surface area contributed by atoms with E-state index in [0.29, 0.717) is 13.0 Å². The van der Waals surface area contributed by atoms with Gasteiger partial charge in [0.05, 0.1) is 5.56 Å². The molecule has 1 spiro atoms. The largest absolute Gasteiger partial charge is 0.338 e. The monoisotopic (exact) mass is 383 g/mol. The zero-order valence-corrected chi connectivity index (χ0v) is 16.5. The van der Waals surface area contributed by atoms with Crippen molar-refractivity contribution in [2.45, 2.75) is 39.2 Å². The molecule has 2 fully saturated rings. The van der Waals surface area contributed by atoms with Crippen LogP contribution < -0.4 is 0 Å². The molecule has 6 heteroatoms. The van der Waals surface area contributed by atoms with Crippen LogP contribution >= 0.6 is 11.3 Å². The molecule has 27 heavy (non-hydrogen) atoms. The lowest BCUT2D eigenvalue weighted by molar-refractivity contribution is -0.139. The molecule has 2 aromatic rings. The van der Waals surface area contributed by atoms with E-state index < -0.39 is 0 Å². The molecule has 2 amide bonds. The quantitative estimate of drug-likeness (QED) is 0.815. The number of aryl methyl sites for hydroxylation is 1. The van der Waals surface area contributed by atoms with Crippen molar-refractivity contribution in [1.82, 2.24) is 14.8 Å². The first-order valence-electron chi connectivity index (χ1n) is 9.56. The topological polar surface area (TPSA) is 53.5 Å². The molecule has 2 aliphatic rings. The molecule has 2 aromatic heterocycles. The average Bonchev–Trinajstić information content (AvgIpc) is 3.12. The van der Waals surface area contributed by atoms with Crippen LogP contribution in [0.15, 0.2) is 36.0 Å². The summed E-state index contributed by atoms with van der Waals surface area (Å²) in [6.45, 7) is 4.92. The minimum atomic E-state index is 0.0229. The van der Waals surface area contributed by atoms with Crippen molar-refractivity contribution in [2.24, 2.45) is 5.41 Å². The van der Waals surface area contributed by atoms with Gasteiger partial charge in [-0.3, -0.25) is 14.6 Å². The number of hydrogen-bond acceptors (Lipinski definition) is 4. The van der Waals surface area contributed by atoms with E-state index in [0.717, 1.165) is 54.9 Å². The van der Waals surface area contributed by atoms with Gasteiger partial charge in [-0.15, -0.1) is 11.3 Å². The van der Waals surface area contributed by atoms with Crippen LogP contribution in [0.2, 0.25) is 0 Å². The van der Waals surface area contributed by atoms with Gasteiger partial charge >= 0.3 is 0 Å². The number of nitrogens with zero attached hydrogens (tertiary/aromatic N) is 3. The Morgan fingerprint density at radius 1 is 1.33 bits per heavy atom. The fourth-order valence-electron chi connectivity index (χ4n) is 4.41. The van der Waals surface area contributed by atoms with Crippen molar-refractivity contribution in [3.8, 4) is 0 Å². The van der Waals surface area contributed by atoms with E-state index in [1.807, 2.05) is 46.5 Å². The van der Waals surface area contributed by atoms with Crippen LogP contribution in [0.4, 0.5) is 0 Å². The fourth-order valence-corrected chi connectivity index (χ4v) is 5.09. The van der Waals surface area contributed by atoms with Gasteiger partial charge in [-0.2, -0.15) is 0 Å². The average molecular weight is 384 g/mol. The van der Waals surface area contributed by atoms with Crippen LogP contribution in [-0.2, 0) is 11.3 Å². The zero-order chi connectivity index (χ0) is 18.9. The maximum absolute atomic E-state index is 12.9. The number of hydrogen-bond donors (Lipinski definition) is 0. The predicted octanol–water partition coefficient (Wildman–Crippen LogP) is 3.50. The Bertz CT molecular complexity index is 835.